The van der Waals surface area contributed by atoms with Gasteiger partial charge in [0, 0.05) is 23.4 Å². The molecule has 0 bridgehead atoms. The van der Waals surface area contributed by atoms with Crippen LogP contribution >= 0.6 is 0 Å². The van der Waals surface area contributed by atoms with Crippen LogP contribution in [0.3, 0.4) is 0 Å². The molecule has 0 atom stereocenters. The van der Waals surface area contributed by atoms with Crippen LogP contribution in [0.15, 0.2) is 70.2 Å². The summed E-state index contributed by atoms with van der Waals surface area (Å²) in [5, 5.41) is 17.1. The van der Waals surface area contributed by atoms with Crippen molar-refractivity contribution in [1.29, 1.82) is 0 Å². The van der Waals surface area contributed by atoms with E-state index in [-0.39, 0.29) is 5.69 Å². The summed E-state index contributed by atoms with van der Waals surface area (Å²) in [5.41, 5.74) is 4.22. The normalized spacial score (nSPS) is 10.9. The van der Waals surface area contributed by atoms with Crippen LogP contribution in [-0.4, -0.2) is 23.0 Å². The Balaban J connectivity index is 1.56. The molecule has 2 N–H and O–H groups in total. The second-order valence-corrected chi connectivity index (χ2v) is 6.94. The second kappa shape index (κ2) is 9.49. The van der Waals surface area contributed by atoms with Gasteiger partial charge in [0.1, 0.15) is 11.5 Å². The van der Waals surface area contributed by atoms with E-state index in [1.807, 2.05) is 12.1 Å². The maximum atomic E-state index is 12.0. The number of nitrogens with zero attached hydrogens (tertiary/aromatic N) is 2. The lowest BCUT2D eigenvalue weighted by Gasteiger charge is -2.07. The molecular weight excluding hydrogens is 400 g/mol. The van der Waals surface area contributed by atoms with Gasteiger partial charge in [0.05, 0.1) is 11.1 Å². The summed E-state index contributed by atoms with van der Waals surface area (Å²) in [4.78, 5) is 34.3. The second-order valence-electron chi connectivity index (χ2n) is 6.94. The highest BCUT2D eigenvalue weighted by Gasteiger charge is 2.13. The zero-order valence-corrected chi connectivity index (χ0v) is 16.9. The standard InChI is InChI=1S/C22H20N4O5/c1-14(2)15-6-8-17(9-7-15)24-21(27)22(28)25-23-13-19-10-11-20(31-19)16-4-3-5-18(12-16)26(29)30/h3-14H,1-2H3,(H,24,27)(H,25,28). The summed E-state index contributed by atoms with van der Waals surface area (Å²) in [5.74, 6) is -0.729. The van der Waals surface area contributed by atoms with Crippen molar-refractivity contribution in [2.24, 2.45) is 5.10 Å². The van der Waals surface area contributed by atoms with E-state index in [0.717, 1.165) is 5.56 Å². The Morgan fingerprint density at radius 2 is 1.81 bits per heavy atom. The van der Waals surface area contributed by atoms with E-state index in [9.17, 15) is 19.7 Å². The van der Waals surface area contributed by atoms with Crippen LogP contribution in [0.2, 0.25) is 0 Å². The first kappa shape index (κ1) is 21.4. The van der Waals surface area contributed by atoms with Crippen molar-refractivity contribution in [2.75, 3.05) is 5.32 Å². The third-order valence-electron chi connectivity index (χ3n) is 4.37. The minimum Gasteiger partial charge on any atom is -0.455 e. The Morgan fingerprint density at radius 1 is 1.06 bits per heavy atom. The molecule has 3 aromatic rings. The predicted octanol–water partition coefficient (Wildman–Crippen LogP) is 4.07. The smallest absolute Gasteiger partial charge is 0.329 e. The van der Waals surface area contributed by atoms with E-state index in [0.29, 0.717) is 28.7 Å². The Morgan fingerprint density at radius 3 is 2.48 bits per heavy atom. The van der Waals surface area contributed by atoms with Gasteiger partial charge >= 0.3 is 11.8 Å². The number of furan rings is 1. The molecule has 0 aliphatic heterocycles. The molecule has 0 unspecified atom stereocenters. The average Bonchev–Trinajstić information content (AvgIpc) is 3.23. The summed E-state index contributed by atoms with van der Waals surface area (Å²) >= 11 is 0. The Hall–Kier alpha value is -4.27. The molecular formula is C22H20N4O5. The van der Waals surface area contributed by atoms with Gasteiger partial charge in [-0.3, -0.25) is 19.7 Å². The molecule has 2 amide bonds. The molecule has 9 nitrogen and oxygen atoms in total. The number of carbonyl (C=O) groups is 2. The summed E-state index contributed by atoms with van der Waals surface area (Å²) in [6.45, 7) is 4.12. The van der Waals surface area contributed by atoms with E-state index in [4.69, 9.17) is 4.42 Å². The van der Waals surface area contributed by atoms with Gasteiger partial charge in [0.2, 0.25) is 0 Å². The number of hydrogen-bond acceptors (Lipinski definition) is 6. The average molecular weight is 420 g/mol. The van der Waals surface area contributed by atoms with Crippen LogP contribution in [0.4, 0.5) is 11.4 Å². The minimum atomic E-state index is -0.936. The van der Waals surface area contributed by atoms with Crippen molar-refractivity contribution >= 4 is 29.4 Å². The zero-order valence-electron chi connectivity index (χ0n) is 16.9. The van der Waals surface area contributed by atoms with Crippen molar-refractivity contribution in [2.45, 2.75) is 19.8 Å². The lowest BCUT2D eigenvalue weighted by molar-refractivity contribution is -0.384. The number of benzene rings is 2. The lowest BCUT2D eigenvalue weighted by Crippen LogP contribution is -2.32. The fourth-order valence-electron chi connectivity index (χ4n) is 2.69. The molecule has 0 aliphatic rings. The zero-order chi connectivity index (χ0) is 22.4. The number of nitro benzene ring substituents is 1. The minimum absolute atomic E-state index is 0.0544. The molecule has 2 aromatic carbocycles. The van der Waals surface area contributed by atoms with E-state index in [1.165, 1.54) is 18.3 Å². The largest absolute Gasteiger partial charge is 0.455 e. The van der Waals surface area contributed by atoms with Gasteiger partial charge in [-0.05, 0) is 35.7 Å². The molecule has 1 heterocycles. The number of non-ortho nitro benzene ring substituents is 1. The highest BCUT2D eigenvalue weighted by Crippen LogP contribution is 2.25. The Bertz CT molecular complexity index is 1130. The maximum Gasteiger partial charge on any atom is 0.329 e. The number of amides is 2. The van der Waals surface area contributed by atoms with E-state index in [1.54, 1.807) is 36.4 Å². The molecule has 1 aromatic heterocycles. The Kier molecular flexibility index (Phi) is 6.56. The van der Waals surface area contributed by atoms with Crippen molar-refractivity contribution in [3.05, 3.63) is 82.1 Å². The van der Waals surface area contributed by atoms with E-state index >= 15 is 0 Å². The van der Waals surface area contributed by atoms with Crippen molar-refractivity contribution < 1.29 is 18.9 Å². The highest BCUT2D eigenvalue weighted by atomic mass is 16.6. The third-order valence-corrected chi connectivity index (χ3v) is 4.37. The lowest BCUT2D eigenvalue weighted by atomic mass is 10.0. The summed E-state index contributed by atoms with van der Waals surface area (Å²) in [6.07, 6.45) is 1.23. The molecule has 0 radical (unpaired) electrons. The summed E-state index contributed by atoms with van der Waals surface area (Å²) in [6, 6.07) is 16.4. The molecule has 9 heteroatoms. The fourth-order valence-corrected chi connectivity index (χ4v) is 2.69. The van der Waals surface area contributed by atoms with Gasteiger partial charge in [-0.1, -0.05) is 38.1 Å². The maximum absolute atomic E-state index is 12.0. The van der Waals surface area contributed by atoms with Crippen LogP contribution in [-0.2, 0) is 9.59 Å². The van der Waals surface area contributed by atoms with Crippen LogP contribution in [0, 0.1) is 10.1 Å². The Labute approximate surface area is 177 Å². The van der Waals surface area contributed by atoms with Gasteiger partial charge in [-0.25, -0.2) is 5.43 Å². The molecule has 0 saturated heterocycles. The monoisotopic (exact) mass is 420 g/mol. The van der Waals surface area contributed by atoms with Crippen molar-refractivity contribution in [3.8, 4) is 11.3 Å². The molecule has 0 saturated carbocycles. The first-order chi connectivity index (χ1) is 14.8. The number of hydrazone groups is 1. The SMILES string of the molecule is CC(C)c1ccc(NC(=O)C(=O)NN=Cc2ccc(-c3cccc([N+](=O)[O-])c3)o2)cc1. The molecule has 0 aliphatic carbocycles. The van der Waals surface area contributed by atoms with Crippen LogP contribution < -0.4 is 10.7 Å². The number of carbonyl (C=O) groups excluding carboxylic acids is 2. The number of anilines is 1. The molecule has 31 heavy (non-hydrogen) atoms. The predicted molar refractivity (Wildman–Crippen MR) is 116 cm³/mol. The van der Waals surface area contributed by atoms with E-state index < -0.39 is 16.7 Å². The van der Waals surface area contributed by atoms with Crippen LogP contribution in [0.1, 0.15) is 31.1 Å². The first-order valence-corrected chi connectivity index (χ1v) is 9.42. The molecule has 3 rings (SSSR count). The van der Waals surface area contributed by atoms with Crippen molar-refractivity contribution in [1.82, 2.24) is 5.43 Å². The highest BCUT2D eigenvalue weighted by molar-refractivity contribution is 6.39. The fraction of sp³-hybridized carbons (Fsp3) is 0.136. The van der Waals surface area contributed by atoms with Gasteiger partial charge in [0.15, 0.2) is 0 Å². The van der Waals surface area contributed by atoms with Gasteiger partial charge in [0.25, 0.3) is 5.69 Å². The van der Waals surface area contributed by atoms with Crippen LogP contribution in [0.5, 0.6) is 0 Å². The topological polar surface area (TPSA) is 127 Å². The van der Waals surface area contributed by atoms with Gasteiger partial charge in [-0.15, -0.1) is 0 Å². The first-order valence-electron chi connectivity index (χ1n) is 9.42. The van der Waals surface area contributed by atoms with Crippen LogP contribution in [0.25, 0.3) is 11.3 Å². The number of hydrogen-bond donors (Lipinski definition) is 2. The number of nitro groups is 1. The van der Waals surface area contributed by atoms with Gasteiger partial charge < -0.3 is 9.73 Å². The van der Waals surface area contributed by atoms with E-state index in [2.05, 4.69) is 29.7 Å². The quantitative estimate of drug-likeness (QED) is 0.269. The summed E-state index contributed by atoms with van der Waals surface area (Å²) < 4.78 is 5.55. The molecule has 0 spiro atoms. The third kappa shape index (κ3) is 5.63. The molecule has 158 valence electrons. The van der Waals surface area contributed by atoms with Crippen molar-refractivity contribution in [3.63, 3.8) is 0 Å². The molecule has 0 fully saturated rings. The number of nitrogens with one attached hydrogen (secondary N) is 2. The van der Waals surface area contributed by atoms with Gasteiger partial charge in [-0.2, -0.15) is 5.10 Å². The summed E-state index contributed by atoms with van der Waals surface area (Å²) in [7, 11) is 0. The number of rotatable bonds is 6.